The van der Waals surface area contributed by atoms with Crippen LogP contribution in [0.2, 0.25) is 0 Å². The lowest BCUT2D eigenvalue weighted by atomic mass is 9.86. The van der Waals surface area contributed by atoms with Crippen LogP contribution in [0.3, 0.4) is 0 Å². The first-order valence-electron chi connectivity index (χ1n) is 5.39. The highest BCUT2D eigenvalue weighted by molar-refractivity contribution is 7.91. The summed E-state index contributed by atoms with van der Waals surface area (Å²) in [6.45, 7) is 0.601. The largest absolute Gasteiger partial charge is 0.318 e. The summed E-state index contributed by atoms with van der Waals surface area (Å²) in [6, 6.07) is 0. The van der Waals surface area contributed by atoms with Crippen molar-refractivity contribution < 1.29 is 8.42 Å². The van der Waals surface area contributed by atoms with Gasteiger partial charge in [0.25, 0.3) is 0 Å². The maximum atomic E-state index is 11.6. The van der Waals surface area contributed by atoms with Crippen molar-refractivity contribution in [2.24, 2.45) is 5.92 Å². The molecular weight excluding hydrogens is 198 g/mol. The molecule has 0 saturated heterocycles. The highest BCUT2D eigenvalue weighted by atomic mass is 32.2. The van der Waals surface area contributed by atoms with E-state index in [2.05, 4.69) is 5.32 Å². The molecule has 1 aliphatic carbocycles. The highest BCUT2D eigenvalue weighted by Crippen LogP contribution is 2.29. The van der Waals surface area contributed by atoms with E-state index in [0.717, 1.165) is 12.8 Å². The summed E-state index contributed by atoms with van der Waals surface area (Å²) in [5.41, 5.74) is 0. The average Bonchev–Trinajstić information content (AvgIpc) is 2.14. The Balaban J connectivity index is 2.66. The van der Waals surface area contributed by atoms with E-state index in [1.807, 2.05) is 7.05 Å². The van der Waals surface area contributed by atoms with Crippen LogP contribution in [0.5, 0.6) is 0 Å². The Morgan fingerprint density at radius 1 is 1.29 bits per heavy atom. The molecule has 0 bridgehead atoms. The standard InChI is InChI=1S/C10H21NO2S/c1-11-8-10(14(2,12)13)9-6-4-3-5-7-9/h9-11H,3-8H2,1-2H3. The first-order valence-corrected chi connectivity index (χ1v) is 7.34. The molecule has 0 aromatic carbocycles. The van der Waals surface area contributed by atoms with Crippen molar-refractivity contribution in [1.82, 2.24) is 5.32 Å². The molecule has 0 amide bonds. The summed E-state index contributed by atoms with van der Waals surface area (Å²) < 4.78 is 23.2. The van der Waals surface area contributed by atoms with Gasteiger partial charge in [-0.1, -0.05) is 19.3 Å². The molecule has 1 rings (SSSR count). The fourth-order valence-corrected chi connectivity index (χ4v) is 3.82. The Morgan fingerprint density at radius 2 is 1.86 bits per heavy atom. The van der Waals surface area contributed by atoms with Gasteiger partial charge in [0.15, 0.2) is 9.84 Å². The van der Waals surface area contributed by atoms with E-state index in [1.165, 1.54) is 25.5 Å². The van der Waals surface area contributed by atoms with E-state index in [9.17, 15) is 8.42 Å². The molecule has 1 saturated carbocycles. The fraction of sp³-hybridized carbons (Fsp3) is 1.00. The first-order chi connectivity index (χ1) is 6.55. The molecule has 0 aromatic heterocycles. The number of hydrogen-bond acceptors (Lipinski definition) is 3. The van der Waals surface area contributed by atoms with Gasteiger partial charge in [-0.15, -0.1) is 0 Å². The lowest BCUT2D eigenvalue weighted by Crippen LogP contribution is -2.38. The molecule has 14 heavy (non-hydrogen) atoms. The Labute approximate surface area is 87.2 Å². The summed E-state index contributed by atoms with van der Waals surface area (Å²) in [5, 5.41) is 2.82. The number of sulfone groups is 1. The number of hydrogen-bond donors (Lipinski definition) is 1. The van der Waals surface area contributed by atoms with Crippen LogP contribution in [0.4, 0.5) is 0 Å². The zero-order valence-corrected chi connectivity index (χ0v) is 9.94. The van der Waals surface area contributed by atoms with Crippen molar-refractivity contribution in [3.8, 4) is 0 Å². The molecule has 3 nitrogen and oxygen atoms in total. The van der Waals surface area contributed by atoms with Gasteiger partial charge >= 0.3 is 0 Å². The molecule has 84 valence electrons. The molecule has 1 N–H and O–H groups in total. The minimum atomic E-state index is -2.89. The van der Waals surface area contributed by atoms with Crippen molar-refractivity contribution in [3.05, 3.63) is 0 Å². The number of rotatable bonds is 4. The van der Waals surface area contributed by atoms with E-state index >= 15 is 0 Å². The topological polar surface area (TPSA) is 46.2 Å². The Kier molecular flexibility index (Phi) is 4.38. The predicted octanol–water partition coefficient (Wildman–Crippen LogP) is 1.20. The van der Waals surface area contributed by atoms with Gasteiger partial charge in [0.1, 0.15) is 0 Å². The molecule has 1 atom stereocenters. The average molecular weight is 219 g/mol. The highest BCUT2D eigenvalue weighted by Gasteiger charge is 2.30. The molecular formula is C10H21NO2S. The lowest BCUT2D eigenvalue weighted by molar-refractivity contribution is 0.337. The Hall–Kier alpha value is -0.0900. The van der Waals surface area contributed by atoms with Crippen LogP contribution in [-0.2, 0) is 9.84 Å². The third kappa shape index (κ3) is 3.24. The van der Waals surface area contributed by atoms with Crippen LogP contribution in [-0.4, -0.2) is 33.5 Å². The second-order valence-electron chi connectivity index (χ2n) is 4.32. The van der Waals surface area contributed by atoms with Crippen molar-refractivity contribution in [1.29, 1.82) is 0 Å². The van der Waals surface area contributed by atoms with Crippen molar-refractivity contribution in [2.45, 2.75) is 37.4 Å². The van der Waals surface area contributed by atoms with Gasteiger partial charge in [0.2, 0.25) is 0 Å². The third-order valence-electron chi connectivity index (χ3n) is 3.13. The smallest absolute Gasteiger partial charge is 0.151 e. The molecule has 0 radical (unpaired) electrons. The predicted molar refractivity (Wildman–Crippen MR) is 59.1 cm³/mol. The molecule has 1 aliphatic rings. The normalized spacial score (nSPS) is 22.1. The van der Waals surface area contributed by atoms with Crippen LogP contribution >= 0.6 is 0 Å². The van der Waals surface area contributed by atoms with E-state index < -0.39 is 9.84 Å². The van der Waals surface area contributed by atoms with Crippen molar-refractivity contribution >= 4 is 9.84 Å². The van der Waals surface area contributed by atoms with Gasteiger partial charge in [0, 0.05) is 12.8 Å². The SMILES string of the molecule is CNCC(C1CCCCC1)S(C)(=O)=O. The zero-order valence-electron chi connectivity index (χ0n) is 9.12. The van der Waals surface area contributed by atoms with Crippen molar-refractivity contribution in [2.75, 3.05) is 19.8 Å². The minimum Gasteiger partial charge on any atom is -0.318 e. The maximum absolute atomic E-state index is 11.6. The van der Waals surface area contributed by atoms with E-state index in [-0.39, 0.29) is 5.25 Å². The quantitative estimate of drug-likeness (QED) is 0.773. The van der Waals surface area contributed by atoms with Crippen LogP contribution in [0.25, 0.3) is 0 Å². The van der Waals surface area contributed by atoms with Gasteiger partial charge in [-0.3, -0.25) is 0 Å². The molecule has 0 spiro atoms. The van der Waals surface area contributed by atoms with Crippen LogP contribution in [0, 0.1) is 5.92 Å². The Bertz CT molecular complexity index is 255. The molecule has 0 aromatic rings. The minimum absolute atomic E-state index is 0.173. The zero-order chi connectivity index (χ0) is 10.6. The van der Waals surface area contributed by atoms with Crippen molar-refractivity contribution in [3.63, 3.8) is 0 Å². The van der Waals surface area contributed by atoms with Gasteiger partial charge < -0.3 is 5.32 Å². The summed E-state index contributed by atoms with van der Waals surface area (Å²) in [4.78, 5) is 0. The first kappa shape index (κ1) is 12.0. The molecule has 0 heterocycles. The Morgan fingerprint density at radius 3 is 2.29 bits per heavy atom. The van der Waals surface area contributed by atoms with Crippen LogP contribution in [0.15, 0.2) is 0 Å². The van der Waals surface area contributed by atoms with E-state index in [0.29, 0.717) is 12.5 Å². The monoisotopic (exact) mass is 219 g/mol. The fourth-order valence-electron chi connectivity index (χ4n) is 2.37. The third-order valence-corrected chi connectivity index (χ3v) is 4.78. The van der Waals surface area contributed by atoms with Gasteiger partial charge in [-0.05, 0) is 25.8 Å². The second-order valence-corrected chi connectivity index (χ2v) is 6.59. The summed E-state index contributed by atoms with van der Waals surface area (Å²) in [5.74, 6) is 0.381. The molecule has 1 fully saturated rings. The molecule has 1 unspecified atom stereocenters. The molecule has 4 heteroatoms. The maximum Gasteiger partial charge on any atom is 0.151 e. The summed E-state index contributed by atoms with van der Waals surface area (Å²) >= 11 is 0. The second kappa shape index (κ2) is 5.12. The van der Waals surface area contributed by atoms with E-state index in [1.54, 1.807) is 0 Å². The molecule has 0 aliphatic heterocycles. The number of nitrogens with one attached hydrogen (secondary N) is 1. The van der Waals surface area contributed by atoms with Crippen LogP contribution < -0.4 is 5.32 Å². The van der Waals surface area contributed by atoms with Crippen LogP contribution in [0.1, 0.15) is 32.1 Å². The van der Waals surface area contributed by atoms with Gasteiger partial charge in [-0.25, -0.2) is 8.42 Å². The summed E-state index contributed by atoms with van der Waals surface area (Å²) in [6.07, 6.45) is 7.19. The van der Waals surface area contributed by atoms with Gasteiger partial charge in [0.05, 0.1) is 5.25 Å². The summed E-state index contributed by atoms with van der Waals surface area (Å²) in [7, 11) is -1.07. The lowest BCUT2D eigenvalue weighted by Gasteiger charge is -2.28. The van der Waals surface area contributed by atoms with Gasteiger partial charge in [-0.2, -0.15) is 0 Å². The van der Waals surface area contributed by atoms with E-state index in [4.69, 9.17) is 0 Å².